The summed E-state index contributed by atoms with van der Waals surface area (Å²) in [5, 5.41) is 3.22. The highest BCUT2D eigenvalue weighted by Gasteiger charge is 2.58. The van der Waals surface area contributed by atoms with Crippen molar-refractivity contribution in [3.8, 4) is 0 Å². The number of rotatable bonds is 4. The second kappa shape index (κ2) is 3.54. The van der Waals surface area contributed by atoms with Crippen molar-refractivity contribution in [2.45, 2.75) is 39.7 Å². The maximum Gasteiger partial charge on any atom is 0.317 e. The monoisotopic (exact) mass is 199 g/mol. The van der Waals surface area contributed by atoms with Crippen LogP contribution >= 0.6 is 0 Å². The van der Waals surface area contributed by atoms with E-state index in [9.17, 15) is 4.79 Å². The standard InChI is InChI=1S/C11H21NO2/c1-8(2)6-11(7-14-9(11)13)10(3,4)12-5/h8,12H,6-7H2,1-5H3. The minimum absolute atomic E-state index is 0.0504. The molecule has 1 saturated heterocycles. The quantitative estimate of drug-likeness (QED) is 0.698. The molecular formula is C11H21NO2. The average Bonchev–Trinajstić information content (AvgIpc) is 2.10. The third-order valence-electron chi connectivity index (χ3n) is 3.42. The highest BCUT2D eigenvalue weighted by molar-refractivity contribution is 5.83. The highest BCUT2D eigenvalue weighted by Crippen LogP contribution is 2.44. The lowest BCUT2D eigenvalue weighted by molar-refractivity contribution is -0.198. The van der Waals surface area contributed by atoms with E-state index in [2.05, 4.69) is 33.0 Å². The molecule has 1 aliphatic rings. The fourth-order valence-electron chi connectivity index (χ4n) is 2.07. The predicted molar refractivity (Wildman–Crippen MR) is 56.0 cm³/mol. The molecule has 1 unspecified atom stereocenters. The van der Waals surface area contributed by atoms with E-state index < -0.39 is 0 Å². The molecule has 1 atom stereocenters. The van der Waals surface area contributed by atoms with Crippen LogP contribution in [0.1, 0.15) is 34.1 Å². The molecule has 0 aromatic carbocycles. The van der Waals surface area contributed by atoms with Gasteiger partial charge >= 0.3 is 5.97 Å². The van der Waals surface area contributed by atoms with Crippen molar-refractivity contribution >= 4 is 5.97 Å². The number of nitrogens with one attached hydrogen (secondary N) is 1. The minimum atomic E-state index is -0.323. The van der Waals surface area contributed by atoms with Crippen LogP contribution in [0.2, 0.25) is 0 Å². The number of esters is 1. The first-order valence-corrected chi connectivity index (χ1v) is 5.22. The summed E-state index contributed by atoms with van der Waals surface area (Å²) in [7, 11) is 1.90. The van der Waals surface area contributed by atoms with Gasteiger partial charge in [0.05, 0.1) is 0 Å². The molecule has 1 rings (SSSR count). The molecule has 0 bridgehead atoms. The van der Waals surface area contributed by atoms with E-state index in [1.165, 1.54) is 0 Å². The Morgan fingerprint density at radius 1 is 1.57 bits per heavy atom. The second-order valence-electron chi connectivity index (χ2n) is 5.13. The molecule has 1 aliphatic heterocycles. The van der Waals surface area contributed by atoms with Crippen molar-refractivity contribution in [1.29, 1.82) is 0 Å². The molecule has 1 fully saturated rings. The SMILES string of the molecule is CNC(C)(C)C1(CC(C)C)COC1=O. The lowest BCUT2D eigenvalue weighted by Crippen LogP contribution is -2.66. The van der Waals surface area contributed by atoms with Gasteiger partial charge < -0.3 is 10.1 Å². The van der Waals surface area contributed by atoms with Crippen LogP contribution in [-0.2, 0) is 9.53 Å². The summed E-state index contributed by atoms with van der Waals surface area (Å²) in [5.74, 6) is 0.459. The van der Waals surface area contributed by atoms with Crippen LogP contribution in [-0.4, -0.2) is 25.2 Å². The first kappa shape index (κ1) is 11.5. The molecule has 0 radical (unpaired) electrons. The van der Waals surface area contributed by atoms with Crippen molar-refractivity contribution in [2.75, 3.05) is 13.7 Å². The molecular weight excluding hydrogens is 178 g/mol. The van der Waals surface area contributed by atoms with Gasteiger partial charge in [-0.05, 0) is 33.2 Å². The Morgan fingerprint density at radius 2 is 2.14 bits per heavy atom. The molecule has 1 N–H and O–H groups in total. The summed E-state index contributed by atoms with van der Waals surface area (Å²) in [4.78, 5) is 11.6. The predicted octanol–water partition coefficient (Wildman–Crippen LogP) is 1.57. The van der Waals surface area contributed by atoms with Crippen LogP contribution in [0.25, 0.3) is 0 Å². The topological polar surface area (TPSA) is 38.3 Å². The van der Waals surface area contributed by atoms with Crippen LogP contribution in [0.5, 0.6) is 0 Å². The molecule has 82 valence electrons. The van der Waals surface area contributed by atoms with Crippen molar-refractivity contribution in [1.82, 2.24) is 5.32 Å². The Hall–Kier alpha value is -0.570. The zero-order valence-electron chi connectivity index (χ0n) is 9.81. The van der Waals surface area contributed by atoms with Gasteiger partial charge in [-0.3, -0.25) is 4.79 Å². The largest absolute Gasteiger partial charge is 0.464 e. The van der Waals surface area contributed by atoms with Crippen LogP contribution in [0.4, 0.5) is 0 Å². The molecule has 3 nitrogen and oxygen atoms in total. The molecule has 0 aliphatic carbocycles. The van der Waals surface area contributed by atoms with Gasteiger partial charge in [0.15, 0.2) is 0 Å². The first-order chi connectivity index (χ1) is 6.35. The normalized spacial score (nSPS) is 27.4. The van der Waals surface area contributed by atoms with Gasteiger partial charge in [-0.15, -0.1) is 0 Å². The molecule has 0 aromatic heterocycles. The minimum Gasteiger partial charge on any atom is -0.464 e. The van der Waals surface area contributed by atoms with Crippen molar-refractivity contribution in [3.63, 3.8) is 0 Å². The van der Waals surface area contributed by atoms with Gasteiger partial charge in [-0.1, -0.05) is 13.8 Å². The van der Waals surface area contributed by atoms with Crippen molar-refractivity contribution in [3.05, 3.63) is 0 Å². The molecule has 0 spiro atoms. The number of hydrogen-bond acceptors (Lipinski definition) is 3. The summed E-state index contributed by atoms with van der Waals surface area (Å²) in [5.41, 5.74) is -0.511. The lowest BCUT2D eigenvalue weighted by atomic mass is 9.65. The Kier molecular flexibility index (Phi) is 2.91. The maximum absolute atomic E-state index is 11.6. The van der Waals surface area contributed by atoms with Crippen LogP contribution in [0, 0.1) is 11.3 Å². The summed E-state index contributed by atoms with van der Waals surface area (Å²) in [6.07, 6.45) is 0.889. The van der Waals surface area contributed by atoms with E-state index in [4.69, 9.17) is 4.74 Å². The van der Waals surface area contributed by atoms with Gasteiger partial charge in [-0.25, -0.2) is 0 Å². The van der Waals surface area contributed by atoms with Gasteiger partial charge in [-0.2, -0.15) is 0 Å². The van der Waals surface area contributed by atoms with E-state index in [1.807, 2.05) is 7.05 Å². The molecule has 14 heavy (non-hydrogen) atoms. The third-order valence-corrected chi connectivity index (χ3v) is 3.42. The third kappa shape index (κ3) is 1.54. The summed E-state index contributed by atoms with van der Waals surface area (Å²) in [6.45, 7) is 8.96. The van der Waals surface area contributed by atoms with Crippen molar-refractivity contribution < 1.29 is 9.53 Å². The van der Waals surface area contributed by atoms with Crippen molar-refractivity contribution in [2.24, 2.45) is 11.3 Å². The van der Waals surface area contributed by atoms with Crippen LogP contribution < -0.4 is 5.32 Å². The summed E-state index contributed by atoms with van der Waals surface area (Å²) >= 11 is 0. The Bertz CT molecular complexity index is 235. The smallest absolute Gasteiger partial charge is 0.317 e. The zero-order chi connectivity index (χ0) is 11.0. The first-order valence-electron chi connectivity index (χ1n) is 5.22. The summed E-state index contributed by atoms with van der Waals surface area (Å²) in [6, 6.07) is 0. The molecule has 3 heteroatoms. The van der Waals surface area contributed by atoms with Crippen LogP contribution in [0.15, 0.2) is 0 Å². The van der Waals surface area contributed by atoms with E-state index in [1.54, 1.807) is 0 Å². The number of carbonyl (C=O) groups is 1. The van der Waals surface area contributed by atoms with Gasteiger partial charge in [0.1, 0.15) is 12.0 Å². The molecule has 0 amide bonds. The van der Waals surface area contributed by atoms with Gasteiger partial charge in [0, 0.05) is 5.54 Å². The molecule has 0 aromatic rings. The molecule has 0 saturated carbocycles. The second-order valence-corrected chi connectivity index (χ2v) is 5.13. The molecule has 1 heterocycles. The fourth-order valence-corrected chi connectivity index (χ4v) is 2.07. The fraction of sp³-hybridized carbons (Fsp3) is 0.909. The Morgan fingerprint density at radius 3 is 2.36 bits per heavy atom. The van der Waals surface area contributed by atoms with E-state index in [0.717, 1.165) is 6.42 Å². The van der Waals surface area contributed by atoms with Gasteiger partial charge in [0.2, 0.25) is 0 Å². The number of hydrogen-bond donors (Lipinski definition) is 1. The number of carbonyl (C=O) groups excluding carboxylic acids is 1. The lowest BCUT2D eigenvalue weighted by Gasteiger charge is -2.50. The summed E-state index contributed by atoms with van der Waals surface area (Å²) < 4.78 is 4.96. The van der Waals surface area contributed by atoms with Crippen LogP contribution in [0.3, 0.4) is 0 Å². The zero-order valence-corrected chi connectivity index (χ0v) is 9.81. The number of ether oxygens (including phenoxy) is 1. The van der Waals surface area contributed by atoms with Gasteiger partial charge in [0.25, 0.3) is 0 Å². The Balaban J connectivity index is 2.88. The average molecular weight is 199 g/mol. The van der Waals surface area contributed by atoms with E-state index in [-0.39, 0.29) is 16.9 Å². The number of cyclic esters (lactones) is 1. The maximum atomic E-state index is 11.6. The van der Waals surface area contributed by atoms with E-state index in [0.29, 0.717) is 12.5 Å². The highest BCUT2D eigenvalue weighted by atomic mass is 16.6. The van der Waals surface area contributed by atoms with E-state index >= 15 is 0 Å². The Labute approximate surface area is 86.2 Å².